The van der Waals surface area contributed by atoms with Crippen molar-refractivity contribution in [1.29, 1.82) is 0 Å². The highest BCUT2D eigenvalue weighted by molar-refractivity contribution is 9.09. The van der Waals surface area contributed by atoms with Crippen molar-refractivity contribution in [3.63, 3.8) is 0 Å². The zero-order valence-corrected chi connectivity index (χ0v) is 13.3. The van der Waals surface area contributed by atoms with Crippen LogP contribution in [0.3, 0.4) is 0 Å². The monoisotopic (exact) mass is 358 g/mol. The van der Waals surface area contributed by atoms with Crippen LogP contribution in [-0.4, -0.2) is 27.8 Å². The first kappa shape index (κ1) is 13.6. The summed E-state index contributed by atoms with van der Waals surface area (Å²) in [5.41, 5.74) is 8.49. The molecule has 1 aromatic rings. The average Bonchev–Trinajstić information content (AvgIpc) is 2.94. The summed E-state index contributed by atoms with van der Waals surface area (Å²) in [5.74, 6) is 0.743. The van der Waals surface area contributed by atoms with Gasteiger partial charge in [-0.3, -0.25) is 0 Å². The summed E-state index contributed by atoms with van der Waals surface area (Å²) in [6.45, 7) is 1.54. The second-order valence-corrected chi connectivity index (χ2v) is 7.57. The number of anilines is 2. The molecule has 1 aromatic carbocycles. The lowest BCUT2D eigenvalue weighted by atomic mass is 10.1. The first-order valence-corrected chi connectivity index (χ1v) is 8.91. The van der Waals surface area contributed by atoms with Gasteiger partial charge in [0, 0.05) is 18.8 Å². The topological polar surface area (TPSA) is 87.5 Å². The second-order valence-electron chi connectivity index (χ2n) is 4.82. The Morgan fingerprint density at radius 2 is 2.00 bits per heavy atom. The number of hydrogen-bond donors (Lipinski definition) is 3. The van der Waals surface area contributed by atoms with Crippen molar-refractivity contribution in [2.75, 3.05) is 29.4 Å². The first-order chi connectivity index (χ1) is 9.39. The van der Waals surface area contributed by atoms with Crippen LogP contribution in [0.1, 0.15) is 10.4 Å². The summed E-state index contributed by atoms with van der Waals surface area (Å²) in [7, 11) is -3.44. The predicted octanol–water partition coefficient (Wildman–Crippen LogP) is 0.846. The Kier molecular flexibility index (Phi) is 3.09. The summed E-state index contributed by atoms with van der Waals surface area (Å²) < 4.78 is 25.7. The van der Waals surface area contributed by atoms with Gasteiger partial charge in [0.1, 0.15) is 5.82 Å². The fourth-order valence-electron chi connectivity index (χ4n) is 2.54. The van der Waals surface area contributed by atoms with Crippen molar-refractivity contribution in [3.8, 4) is 0 Å². The minimum Gasteiger partial charge on any atom is -0.399 e. The number of alkyl halides is 1. The molecule has 20 heavy (non-hydrogen) atoms. The molecule has 2 aliphatic heterocycles. The van der Waals surface area contributed by atoms with Crippen LogP contribution >= 0.6 is 15.9 Å². The number of benzene rings is 1. The van der Waals surface area contributed by atoms with Gasteiger partial charge < -0.3 is 16.4 Å². The molecule has 6 nitrogen and oxygen atoms in total. The third kappa shape index (κ3) is 2.03. The summed E-state index contributed by atoms with van der Waals surface area (Å²) >= 11 is 3.59. The zero-order chi connectivity index (χ0) is 14.5. The lowest BCUT2D eigenvalue weighted by Gasteiger charge is -2.21. The van der Waals surface area contributed by atoms with Crippen molar-refractivity contribution in [3.05, 3.63) is 35.3 Å². The van der Waals surface area contributed by atoms with Gasteiger partial charge in [-0.05, 0) is 17.7 Å². The van der Waals surface area contributed by atoms with Gasteiger partial charge >= 0.3 is 0 Å². The maximum atomic E-state index is 12.2. The van der Waals surface area contributed by atoms with E-state index in [1.807, 2.05) is 6.07 Å². The molecule has 2 heterocycles. The highest BCUT2D eigenvalue weighted by Crippen LogP contribution is 2.49. The number of rotatable bonds is 1. The number of sulfonamides is 1. The Labute approximate surface area is 126 Å². The summed E-state index contributed by atoms with van der Waals surface area (Å²) in [6, 6.07) is 5.31. The molecule has 0 radical (unpaired) electrons. The van der Waals surface area contributed by atoms with Crippen molar-refractivity contribution < 1.29 is 8.42 Å². The van der Waals surface area contributed by atoms with Crippen molar-refractivity contribution in [1.82, 2.24) is 10.6 Å². The number of nitrogen functional groups attached to an aromatic ring is 1. The van der Waals surface area contributed by atoms with Crippen LogP contribution in [0, 0.1) is 0 Å². The number of allylic oxidation sites excluding steroid dienone is 1. The number of fused-ring (bicyclic) bond motifs is 1. The highest BCUT2D eigenvalue weighted by atomic mass is 79.9. The van der Waals surface area contributed by atoms with E-state index in [0.717, 1.165) is 24.5 Å². The van der Waals surface area contributed by atoms with Gasteiger partial charge in [-0.15, -0.1) is 0 Å². The predicted molar refractivity (Wildman–Crippen MR) is 82.9 cm³/mol. The summed E-state index contributed by atoms with van der Waals surface area (Å²) in [4.78, 5) is -0.194. The number of nitrogens with one attached hydrogen (secondary N) is 2. The minimum absolute atomic E-state index is 0.194. The van der Waals surface area contributed by atoms with Crippen LogP contribution in [-0.2, 0) is 10.0 Å². The van der Waals surface area contributed by atoms with Crippen LogP contribution in [0.5, 0.6) is 0 Å². The number of nitrogens with zero attached hydrogens (tertiary/aromatic N) is 1. The Bertz CT molecular complexity index is 693. The van der Waals surface area contributed by atoms with E-state index >= 15 is 0 Å². The van der Waals surface area contributed by atoms with Gasteiger partial charge in [-0.2, -0.15) is 0 Å². The number of nitrogens with two attached hydrogens (primary N) is 1. The molecular formula is C12H15BrN4O2S. The molecule has 0 aliphatic carbocycles. The van der Waals surface area contributed by atoms with E-state index in [1.165, 1.54) is 10.6 Å². The van der Waals surface area contributed by atoms with E-state index in [4.69, 9.17) is 5.73 Å². The van der Waals surface area contributed by atoms with Crippen LogP contribution in [0.15, 0.2) is 29.7 Å². The molecule has 3 rings (SSSR count). The molecular weight excluding hydrogens is 344 g/mol. The Morgan fingerprint density at radius 1 is 1.35 bits per heavy atom. The Balaban J connectivity index is 2.25. The van der Waals surface area contributed by atoms with E-state index in [2.05, 4.69) is 26.6 Å². The van der Waals surface area contributed by atoms with E-state index in [0.29, 0.717) is 17.1 Å². The van der Waals surface area contributed by atoms with Crippen LogP contribution in [0.4, 0.5) is 11.4 Å². The van der Waals surface area contributed by atoms with Gasteiger partial charge in [-0.1, -0.05) is 22.0 Å². The lowest BCUT2D eigenvalue weighted by molar-refractivity contribution is 0.600. The second kappa shape index (κ2) is 4.56. The molecule has 0 spiro atoms. The van der Waals surface area contributed by atoms with Crippen molar-refractivity contribution in [2.45, 2.75) is 4.83 Å². The molecule has 0 bridgehead atoms. The molecule has 1 atom stereocenters. The van der Waals surface area contributed by atoms with Crippen molar-refractivity contribution in [2.24, 2.45) is 0 Å². The SMILES string of the molecule is CS(=O)(=O)N1C(=C2NCCN2)C(Br)c2ccc(N)cc21. The largest absolute Gasteiger partial charge is 0.399 e. The van der Waals surface area contributed by atoms with E-state index < -0.39 is 10.0 Å². The first-order valence-electron chi connectivity index (χ1n) is 6.15. The zero-order valence-electron chi connectivity index (χ0n) is 10.9. The fraction of sp³-hybridized carbons (Fsp3) is 0.333. The molecule has 8 heteroatoms. The molecule has 1 saturated heterocycles. The van der Waals surface area contributed by atoms with E-state index in [1.54, 1.807) is 12.1 Å². The van der Waals surface area contributed by atoms with Gasteiger partial charge in [0.15, 0.2) is 0 Å². The Hall–Kier alpha value is -1.41. The lowest BCUT2D eigenvalue weighted by Crippen LogP contribution is -2.31. The maximum absolute atomic E-state index is 12.2. The molecule has 1 fully saturated rings. The van der Waals surface area contributed by atoms with Crippen LogP contribution < -0.4 is 20.7 Å². The fourth-order valence-corrected chi connectivity index (χ4v) is 4.56. The van der Waals surface area contributed by atoms with Gasteiger partial charge in [0.25, 0.3) is 0 Å². The third-order valence-corrected chi connectivity index (χ3v) is 5.31. The average molecular weight is 359 g/mol. The molecule has 1 unspecified atom stereocenters. The van der Waals surface area contributed by atoms with Crippen LogP contribution in [0.25, 0.3) is 0 Å². The third-order valence-electron chi connectivity index (χ3n) is 3.32. The minimum atomic E-state index is -3.44. The molecule has 108 valence electrons. The number of hydrogen-bond acceptors (Lipinski definition) is 5. The smallest absolute Gasteiger partial charge is 0.236 e. The molecule has 4 N–H and O–H groups in total. The van der Waals surface area contributed by atoms with Gasteiger partial charge in [-0.25, -0.2) is 12.7 Å². The highest BCUT2D eigenvalue weighted by Gasteiger charge is 2.40. The maximum Gasteiger partial charge on any atom is 0.236 e. The van der Waals surface area contributed by atoms with E-state index in [9.17, 15) is 8.42 Å². The molecule has 2 aliphatic rings. The standard InChI is InChI=1S/C12H15BrN4O2S/c1-20(18,19)17-9-6-7(14)2-3-8(9)10(13)11(17)12-15-4-5-16-12/h2-3,6,10,15-16H,4-5,14H2,1H3. The molecule has 0 amide bonds. The molecule has 0 aromatic heterocycles. The van der Waals surface area contributed by atoms with Crippen molar-refractivity contribution >= 4 is 37.3 Å². The van der Waals surface area contributed by atoms with E-state index in [-0.39, 0.29) is 4.83 Å². The quantitative estimate of drug-likeness (QED) is 0.511. The van der Waals surface area contributed by atoms with Crippen LogP contribution in [0.2, 0.25) is 0 Å². The van der Waals surface area contributed by atoms with Gasteiger partial charge in [0.05, 0.1) is 22.5 Å². The summed E-state index contributed by atoms with van der Waals surface area (Å²) in [5, 5.41) is 6.36. The van der Waals surface area contributed by atoms with Gasteiger partial charge in [0.2, 0.25) is 10.0 Å². The normalized spacial score (nSPS) is 21.7. The molecule has 0 saturated carbocycles. The number of halogens is 1. The summed E-state index contributed by atoms with van der Waals surface area (Å²) in [6.07, 6.45) is 1.19. The Morgan fingerprint density at radius 3 is 2.60 bits per heavy atom.